The van der Waals surface area contributed by atoms with Crippen LogP contribution < -0.4 is 10.1 Å². The van der Waals surface area contributed by atoms with Gasteiger partial charge in [-0.05, 0) is 36.4 Å². The molecule has 26 heavy (non-hydrogen) atoms. The van der Waals surface area contributed by atoms with E-state index in [2.05, 4.69) is 15.0 Å². The van der Waals surface area contributed by atoms with Gasteiger partial charge in [0.2, 0.25) is 5.91 Å². The van der Waals surface area contributed by atoms with Gasteiger partial charge in [-0.25, -0.2) is 4.98 Å². The fourth-order valence-electron chi connectivity index (χ4n) is 2.06. The number of nitrogens with one attached hydrogen (secondary N) is 1. The fraction of sp³-hybridized carbons (Fsp3) is 0.118. The predicted octanol–water partition coefficient (Wildman–Crippen LogP) is 3.48. The average molecular weight is 378 g/mol. The molecule has 0 bridgehead atoms. The minimum Gasteiger partial charge on any atom is -0.435 e. The van der Waals surface area contributed by atoms with Crippen molar-refractivity contribution in [3.8, 4) is 5.75 Å². The van der Waals surface area contributed by atoms with E-state index in [1.165, 1.54) is 24.3 Å². The number of thioether (sulfide) groups is 1. The van der Waals surface area contributed by atoms with Crippen molar-refractivity contribution >= 4 is 34.7 Å². The second-order valence-electron chi connectivity index (χ2n) is 5.02. The van der Waals surface area contributed by atoms with E-state index in [-0.39, 0.29) is 17.1 Å². The Morgan fingerprint density at radius 3 is 2.58 bits per heavy atom. The lowest BCUT2D eigenvalue weighted by atomic mass is 10.2. The van der Waals surface area contributed by atoms with Crippen LogP contribution in [0.3, 0.4) is 0 Å². The highest BCUT2D eigenvalue weighted by Gasteiger charge is 2.13. The van der Waals surface area contributed by atoms with Crippen LogP contribution in [-0.4, -0.2) is 29.2 Å². The van der Waals surface area contributed by atoms with Crippen LogP contribution in [0.5, 0.6) is 5.75 Å². The summed E-state index contributed by atoms with van der Waals surface area (Å²) in [6.07, 6.45) is 0. The third-order valence-electron chi connectivity index (χ3n) is 3.20. The SMILES string of the molecule is O=C(CSc1nc2ccccc2o1)NC(=O)c1ccc(OC(F)F)cc1. The topological polar surface area (TPSA) is 81.4 Å². The van der Waals surface area contributed by atoms with Gasteiger partial charge in [0, 0.05) is 5.56 Å². The van der Waals surface area contributed by atoms with E-state index in [0.717, 1.165) is 11.8 Å². The third kappa shape index (κ3) is 4.57. The molecule has 0 fully saturated rings. The van der Waals surface area contributed by atoms with Gasteiger partial charge >= 0.3 is 6.61 Å². The highest BCUT2D eigenvalue weighted by atomic mass is 32.2. The lowest BCUT2D eigenvalue weighted by molar-refractivity contribution is -0.117. The van der Waals surface area contributed by atoms with Gasteiger partial charge in [0.1, 0.15) is 11.3 Å². The molecule has 0 unspecified atom stereocenters. The van der Waals surface area contributed by atoms with Gasteiger partial charge in [-0.2, -0.15) is 8.78 Å². The molecule has 1 aromatic heterocycles. The molecule has 1 N–H and O–H groups in total. The zero-order chi connectivity index (χ0) is 18.5. The first-order valence-corrected chi connectivity index (χ1v) is 8.37. The van der Waals surface area contributed by atoms with Crippen molar-refractivity contribution in [1.29, 1.82) is 0 Å². The first-order valence-electron chi connectivity index (χ1n) is 7.39. The molecule has 0 spiro atoms. The minimum absolute atomic E-state index is 0.0643. The average Bonchev–Trinajstić information content (AvgIpc) is 3.03. The number of para-hydroxylation sites is 2. The summed E-state index contributed by atoms with van der Waals surface area (Å²) < 4.78 is 33.8. The number of rotatable bonds is 6. The maximum atomic E-state index is 12.1. The first kappa shape index (κ1) is 17.9. The molecule has 2 aromatic carbocycles. The number of aromatic nitrogens is 1. The Morgan fingerprint density at radius 2 is 1.88 bits per heavy atom. The second-order valence-corrected chi connectivity index (χ2v) is 5.94. The van der Waals surface area contributed by atoms with Gasteiger partial charge in [0.05, 0.1) is 5.75 Å². The molecule has 134 valence electrons. The van der Waals surface area contributed by atoms with Gasteiger partial charge in [0.15, 0.2) is 5.58 Å². The van der Waals surface area contributed by atoms with E-state index in [0.29, 0.717) is 16.3 Å². The molecular formula is C17H12F2N2O4S. The zero-order valence-electron chi connectivity index (χ0n) is 13.1. The van der Waals surface area contributed by atoms with Crippen molar-refractivity contribution < 1.29 is 27.5 Å². The number of oxazole rings is 1. The van der Waals surface area contributed by atoms with E-state index in [1.54, 1.807) is 12.1 Å². The lowest BCUT2D eigenvalue weighted by Gasteiger charge is -2.06. The van der Waals surface area contributed by atoms with Crippen molar-refractivity contribution in [2.45, 2.75) is 11.8 Å². The quantitative estimate of drug-likeness (QED) is 0.662. The Bertz CT molecular complexity index is 895. The number of ether oxygens (including phenoxy) is 1. The van der Waals surface area contributed by atoms with E-state index < -0.39 is 18.4 Å². The van der Waals surface area contributed by atoms with Gasteiger partial charge in [-0.3, -0.25) is 14.9 Å². The standard InChI is InChI=1S/C17H12F2N2O4S/c18-16(19)24-11-7-5-10(6-8-11)15(23)21-14(22)9-26-17-20-12-3-1-2-4-13(12)25-17/h1-8,16H,9H2,(H,21,22,23). The Kier molecular flexibility index (Phi) is 5.47. The van der Waals surface area contributed by atoms with Crippen molar-refractivity contribution in [2.24, 2.45) is 0 Å². The first-order chi connectivity index (χ1) is 12.5. The van der Waals surface area contributed by atoms with Crippen LogP contribution in [0.4, 0.5) is 8.78 Å². The maximum Gasteiger partial charge on any atom is 0.387 e. The highest BCUT2D eigenvalue weighted by Crippen LogP contribution is 2.22. The number of carbonyl (C=O) groups is 2. The highest BCUT2D eigenvalue weighted by molar-refractivity contribution is 7.99. The van der Waals surface area contributed by atoms with Crippen LogP contribution in [0.1, 0.15) is 10.4 Å². The molecule has 2 amide bonds. The number of carbonyl (C=O) groups excluding carboxylic acids is 2. The van der Waals surface area contributed by atoms with Crippen LogP contribution in [0, 0.1) is 0 Å². The molecule has 0 saturated carbocycles. The number of imide groups is 1. The number of fused-ring (bicyclic) bond motifs is 1. The molecule has 0 saturated heterocycles. The lowest BCUT2D eigenvalue weighted by Crippen LogP contribution is -2.31. The van der Waals surface area contributed by atoms with E-state index in [1.807, 2.05) is 12.1 Å². The monoisotopic (exact) mass is 378 g/mol. The molecule has 0 aliphatic heterocycles. The summed E-state index contributed by atoms with van der Waals surface area (Å²) in [4.78, 5) is 28.1. The van der Waals surface area contributed by atoms with E-state index >= 15 is 0 Å². The Labute approximate surface area is 150 Å². The third-order valence-corrected chi connectivity index (χ3v) is 4.02. The number of alkyl halides is 2. The molecule has 0 radical (unpaired) electrons. The van der Waals surface area contributed by atoms with Crippen LogP contribution in [0.15, 0.2) is 58.2 Å². The Morgan fingerprint density at radius 1 is 1.15 bits per heavy atom. The van der Waals surface area contributed by atoms with Crippen LogP contribution in [-0.2, 0) is 4.79 Å². The van der Waals surface area contributed by atoms with Crippen molar-refractivity contribution in [3.63, 3.8) is 0 Å². The van der Waals surface area contributed by atoms with Gasteiger partial charge in [-0.1, -0.05) is 23.9 Å². The number of halogens is 2. The molecule has 0 atom stereocenters. The van der Waals surface area contributed by atoms with Crippen LogP contribution in [0.2, 0.25) is 0 Å². The molecule has 3 rings (SSSR count). The summed E-state index contributed by atoms with van der Waals surface area (Å²) in [5.41, 5.74) is 1.43. The molecule has 1 heterocycles. The summed E-state index contributed by atoms with van der Waals surface area (Å²) in [7, 11) is 0. The van der Waals surface area contributed by atoms with E-state index in [9.17, 15) is 18.4 Å². The Hall–Kier alpha value is -2.94. The summed E-state index contributed by atoms with van der Waals surface area (Å²) >= 11 is 1.06. The number of hydrogen-bond acceptors (Lipinski definition) is 6. The van der Waals surface area contributed by atoms with Crippen LogP contribution in [0.25, 0.3) is 11.1 Å². The maximum absolute atomic E-state index is 12.1. The molecule has 0 aliphatic carbocycles. The van der Waals surface area contributed by atoms with Crippen molar-refractivity contribution in [2.75, 3.05) is 5.75 Å². The van der Waals surface area contributed by atoms with Gasteiger partial charge < -0.3 is 9.15 Å². The predicted molar refractivity (Wildman–Crippen MR) is 90.3 cm³/mol. The van der Waals surface area contributed by atoms with Crippen LogP contribution >= 0.6 is 11.8 Å². The minimum atomic E-state index is -2.94. The molecule has 0 aliphatic rings. The fourth-order valence-corrected chi connectivity index (χ4v) is 2.70. The molecular weight excluding hydrogens is 366 g/mol. The number of hydrogen-bond donors (Lipinski definition) is 1. The summed E-state index contributed by atoms with van der Waals surface area (Å²) in [5, 5.41) is 2.52. The molecule has 9 heteroatoms. The largest absolute Gasteiger partial charge is 0.435 e. The van der Waals surface area contributed by atoms with Crippen molar-refractivity contribution in [1.82, 2.24) is 10.3 Å². The van der Waals surface area contributed by atoms with Crippen molar-refractivity contribution in [3.05, 3.63) is 54.1 Å². The molecule has 3 aromatic rings. The van der Waals surface area contributed by atoms with Gasteiger partial charge in [-0.15, -0.1) is 0 Å². The Balaban J connectivity index is 1.53. The second kappa shape index (κ2) is 7.96. The van der Waals surface area contributed by atoms with Gasteiger partial charge in [0.25, 0.3) is 11.1 Å². The summed E-state index contributed by atoms with van der Waals surface area (Å²) in [5.74, 6) is -1.31. The number of benzene rings is 2. The zero-order valence-corrected chi connectivity index (χ0v) is 14.0. The summed E-state index contributed by atoms with van der Waals surface area (Å²) in [6.45, 7) is -2.94. The summed E-state index contributed by atoms with van der Waals surface area (Å²) in [6, 6.07) is 12.2. The normalized spacial score (nSPS) is 10.9. The number of amides is 2. The smallest absolute Gasteiger partial charge is 0.387 e. The molecule has 6 nitrogen and oxygen atoms in total. The number of nitrogens with zero attached hydrogens (tertiary/aromatic N) is 1. The van der Waals surface area contributed by atoms with E-state index in [4.69, 9.17) is 4.42 Å².